The van der Waals surface area contributed by atoms with Gasteiger partial charge >= 0.3 is 12.1 Å². The van der Waals surface area contributed by atoms with Crippen LogP contribution in [-0.2, 0) is 23.2 Å². The molecule has 0 spiro atoms. The first-order valence-corrected chi connectivity index (χ1v) is 8.77. The Labute approximate surface area is 170 Å². The Kier molecular flexibility index (Phi) is 7.22. The van der Waals surface area contributed by atoms with E-state index in [2.05, 4.69) is 21.4 Å². The molecule has 0 fully saturated rings. The molecule has 0 radical (unpaired) electrons. The summed E-state index contributed by atoms with van der Waals surface area (Å²) < 4.78 is 33.6. The Morgan fingerprint density at radius 1 is 1.30 bits per heavy atom. The molecule has 3 N–H and O–H groups in total. The zero-order chi connectivity index (χ0) is 22.5. The third kappa shape index (κ3) is 5.83. The van der Waals surface area contributed by atoms with Crippen molar-refractivity contribution in [3.05, 3.63) is 54.2 Å². The molecule has 2 aromatic heterocycles. The number of carbonyl (C=O) groups excluding carboxylic acids is 1. The van der Waals surface area contributed by atoms with Crippen molar-refractivity contribution in [1.29, 1.82) is 0 Å². The van der Waals surface area contributed by atoms with Crippen molar-refractivity contribution in [2.75, 3.05) is 14.1 Å². The number of carboxylic acids is 1. The first kappa shape index (κ1) is 22.9. The van der Waals surface area contributed by atoms with Crippen LogP contribution in [0.1, 0.15) is 17.3 Å². The number of imidazole rings is 1. The number of aromatic amines is 1. The van der Waals surface area contributed by atoms with Gasteiger partial charge in [-0.05, 0) is 43.2 Å². The second-order valence-electron chi connectivity index (χ2n) is 6.72. The number of benzene rings is 1. The van der Waals surface area contributed by atoms with Crippen LogP contribution in [0.4, 0.5) is 13.2 Å². The Morgan fingerprint density at radius 3 is 2.50 bits per heavy atom. The monoisotopic (exact) mass is 425 g/mol. The zero-order valence-corrected chi connectivity index (χ0v) is 16.6. The topological polar surface area (TPSA) is 103 Å². The number of alkyl halides is 3. The van der Waals surface area contributed by atoms with Gasteiger partial charge in [-0.2, -0.15) is 13.2 Å². The summed E-state index contributed by atoms with van der Waals surface area (Å²) in [7, 11) is 5.68. The SMILES string of the molecule is CN(C)C(C(=O)NCc1ccc2[nH]ccc2c1)c1cncn1C.O=C(O)C(F)(F)F. The predicted octanol–water partition coefficient (Wildman–Crippen LogP) is 2.45. The fourth-order valence-electron chi connectivity index (χ4n) is 2.76. The minimum atomic E-state index is -5.08. The van der Waals surface area contributed by atoms with Crippen LogP contribution in [-0.4, -0.2) is 56.7 Å². The fraction of sp³-hybridized carbons (Fsp3) is 0.316. The highest BCUT2D eigenvalue weighted by atomic mass is 19.4. The minimum Gasteiger partial charge on any atom is -0.475 e. The van der Waals surface area contributed by atoms with Crippen LogP contribution in [0.15, 0.2) is 43.0 Å². The molecule has 0 aliphatic heterocycles. The Morgan fingerprint density at radius 2 is 1.97 bits per heavy atom. The minimum absolute atomic E-state index is 0.0345. The number of halogens is 3. The molecule has 2 heterocycles. The second-order valence-corrected chi connectivity index (χ2v) is 6.72. The summed E-state index contributed by atoms with van der Waals surface area (Å²) in [5.41, 5.74) is 3.04. The van der Waals surface area contributed by atoms with Gasteiger partial charge in [0.2, 0.25) is 5.91 Å². The third-order valence-corrected chi connectivity index (χ3v) is 4.23. The van der Waals surface area contributed by atoms with Crippen LogP contribution in [0.25, 0.3) is 10.9 Å². The van der Waals surface area contributed by atoms with Gasteiger partial charge in [0.05, 0.1) is 18.2 Å². The average molecular weight is 425 g/mol. The molecule has 0 aliphatic rings. The Balaban J connectivity index is 0.000000396. The molecular weight excluding hydrogens is 403 g/mol. The van der Waals surface area contributed by atoms with Crippen LogP contribution in [0.3, 0.4) is 0 Å². The van der Waals surface area contributed by atoms with Crippen molar-refractivity contribution in [1.82, 2.24) is 24.8 Å². The molecule has 1 unspecified atom stereocenters. The lowest BCUT2D eigenvalue weighted by Crippen LogP contribution is -2.37. The van der Waals surface area contributed by atoms with E-state index in [4.69, 9.17) is 9.90 Å². The van der Waals surface area contributed by atoms with Gasteiger partial charge in [0.25, 0.3) is 0 Å². The Bertz CT molecular complexity index is 1010. The van der Waals surface area contributed by atoms with Crippen molar-refractivity contribution < 1.29 is 27.9 Å². The lowest BCUT2D eigenvalue weighted by molar-refractivity contribution is -0.192. The van der Waals surface area contributed by atoms with Crippen molar-refractivity contribution in [3.63, 3.8) is 0 Å². The van der Waals surface area contributed by atoms with Gasteiger partial charge in [-0.15, -0.1) is 0 Å². The van der Waals surface area contributed by atoms with Crippen LogP contribution >= 0.6 is 0 Å². The molecular formula is C19H22F3N5O3. The van der Waals surface area contributed by atoms with Gasteiger partial charge in [0, 0.05) is 25.3 Å². The zero-order valence-electron chi connectivity index (χ0n) is 16.6. The number of aliphatic carboxylic acids is 1. The lowest BCUT2D eigenvalue weighted by atomic mass is 10.1. The molecule has 11 heteroatoms. The number of hydrogen-bond donors (Lipinski definition) is 3. The molecule has 162 valence electrons. The molecule has 1 amide bonds. The van der Waals surface area contributed by atoms with E-state index >= 15 is 0 Å². The second kappa shape index (κ2) is 9.44. The summed E-state index contributed by atoms with van der Waals surface area (Å²) in [6.07, 6.45) is 0.270. The van der Waals surface area contributed by atoms with Crippen LogP contribution < -0.4 is 5.32 Å². The number of aromatic nitrogens is 3. The van der Waals surface area contributed by atoms with E-state index in [9.17, 15) is 18.0 Å². The normalized spacial score (nSPS) is 12.4. The van der Waals surface area contributed by atoms with E-state index in [0.29, 0.717) is 6.54 Å². The molecule has 8 nitrogen and oxygen atoms in total. The van der Waals surface area contributed by atoms with E-state index in [1.54, 1.807) is 12.5 Å². The number of carbonyl (C=O) groups is 2. The number of nitrogens with one attached hydrogen (secondary N) is 2. The van der Waals surface area contributed by atoms with Gasteiger partial charge in [0.15, 0.2) is 0 Å². The molecule has 3 aromatic rings. The number of carboxylic acid groups (broad SMARTS) is 1. The van der Waals surface area contributed by atoms with Crippen molar-refractivity contribution in [3.8, 4) is 0 Å². The van der Waals surface area contributed by atoms with Crippen LogP contribution in [0, 0.1) is 0 Å². The van der Waals surface area contributed by atoms with Gasteiger partial charge < -0.3 is 20.0 Å². The molecule has 0 saturated heterocycles. The predicted molar refractivity (Wildman–Crippen MR) is 103 cm³/mol. The summed E-state index contributed by atoms with van der Waals surface area (Å²) in [5.74, 6) is -2.79. The van der Waals surface area contributed by atoms with Gasteiger partial charge in [-0.25, -0.2) is 9.78 Å². The third-order valence-electron chi connectivity index (χ3n) is 4.23. The van der Waals surface area contributed by atoms with Gasteiger partial charge in [-0.1, -0.05) is 6.07 Å². The highest BCUT2D eigenvalue weighted by Gasteiger charge is 2.38. The van der Waals surface area contributed by atoms with Crippen LogP contribution in [0.5, 0.6) is 0 Å². The first-order valence-electron chi connectivity index (χ1n) is 8.77. The Hall–Kier alpha value is -3.34. The molecule has 1 atom stereocenters. The number of amides is 1. The molecule has 30 heavy (non-hydrogen) atoms. The van der Waals surface area contributed by atoms with Crippen molar-refractivity contribution in [2.45, 2.75) is 18.8 Å². The maximum atomic E-state index is 12.6. The lowest BCUT2D eigenvalue weighted by Gasteiger charge is -2.23. The average Bonchev–Trinajstić information content (AvgIpc) is 3.28. The summed E-state index contributed by atoms with van der Waals surface area (Å²) in [6, 6.07) is 7.80. The van der Waals surface area contributed by atoms with E-state index in [1.165, 1.54) is 0 Å². The van der Waals surface area contributed by atoms with E-state index < -0.39 is 12.1 Å². The summed E-state index contributed by atoms with van der Waals surface area (Å²) in [4.78, 5) is 30.7. The van der Waals surface area contributed by atoms with Crippen LogP contribution in [0.2, 0.25) is 0 Å². The largest absolute Gasteiger partial charge is 0.490 e. The highest BCUT2D eigenvalue weighted by molar-refractivity contribution is 5.83. The molecule has 0 bridgehead atoms. The van der Waals surface area contributed by atoms with E-state index in [-0.39, 0.29) is 11.9 Å². The first-order chi connectivity index (χ1) is 14.0. The van der Waals surface area contributed by atoms with Crippen molar-refractivity contribution in [2.24, 2.45) is 7.05 Å². The summed E-state index contributed by atoms with van der Waals surface area (Å²) >= 11 is 0. The fourth-order valence-corrected chi connectivity index (χ4v) is 2.76. The van der Waals surface area contributed by atoms with E-state index in [0.717, 1.165) is 22.2 Å². The molecule has 1 aromatic carbocycles. The number of aryl methyl sites for hydroxylation is 1. The standard InChI is InChI=1S/C17H21N5O.C2HF3O2/c1-21(2)16(15-10-18-11-22(15)3)17(23)20-9-12-4-5-14-13(8-12)6-7-19-14;3-2(4,5)1(6)7/h4-8,10-11,16,19H,9H2,1-3H3,(H,20,23);(H,6,7). The highest BCUT2D eigenvalue weighted by Crippen LogP contribution is 2.18. The molecule has 3 rings (SSSR count). The number of likely N-dealkylation sites (N-methyl/N-ethyl adjacent to an activating group) is 1. The summed E-state index contributed by atoms with van der Waals surface area (Å²) in [6.45, 7) is 0.502. The molecule has 0 aliphatic carbocycles. The van der Waals surface area contributed by atoms with Crippen molar-refractivity contribution >= 4 is 22.8 Å². The number of nitrogens with zero attached hydrogens (tertiary/aromatic N) is 3. The quantitative estimate of drug-likeness (QED) is 0.583. The smallest absolute Gasteiger partial charge is 0.475 e. The number of fused-ring (bicyclic) bond motifs is 1. The van der Waals surface area contributed by atoms with Gasteiger partial charge in [-0.3, -0.25) is 9.69 Å². The maximum absolute atomic E-state index is 12.6. The maximum Gasteiger partial charge on any atom is 0.490 e. The number of hydrogen-bond acceptors (Lipinski definition) is 4. The molecule has 0 saturated carbocycles. The summed E-state index contributed by atoms with van der Waals surface area (Å²) in [5, 5.41) is 11.3. The van der Waals surface area contributed by atoms with E-state index in [1.807, 2.05) is 55.0 Å². The van der Waals surface area contributed by atoms with Gasteiger partial charge in [0.1, 0.15) is 6.04 Å². The number of rotatable bonds is 5. The number of H-pyrrole nitrogens is 1.